The highest BCUT2D eigenvalue weighted by Gasteiger charge is 2.34. The van der Waals surface area contributed by atoms with Gasteiger partial charge in [-0.15, -0.1) is 5.10 Å². The number of aryl methyl sites for hydroxylation is 1. The number of aromatic hydroxyl groups is 1. The molecule has 0 unspecified atom stereocenters. The van der Waals surface area contributed by atoms with Crippen LogP contribution in [0, 0.1) is 23.0 Å². The number of nitrogens with zero attached hydrogens (tertiary/aromatic N) is 5. The highest BCUT2D eigenvalue weighted by atomic mass is 32.1. The Bertz CT molecular complexity index is 1080. The third-order valence-electron chi connectivity index (χ3n) is 5.40. The minimum atomic E-state index is -0.440. The average Bonchev–Trinajstić information content (AvgIpc) is 3.25. The molecule has 1 saturated heterocycles. The molecule has 1 aromatic carbocycles. The molecule has 3 heterocycles. The van der Waals surface area contributed by atoms with Gasteiger partial charge in [0.2, 0.25) is 10.8 Å². The molecule has 0 bridgehead atoms. The lowest BCUT2D eigenvalue weighted by molar-refractivity contribution is -0.384. The van der Waals surface area contributed by atoms with E-state index in [2.05, 4.69) is 15.0 Å². The topological polar surface area (TPSA) is 123 Å². The number of carbonyl (C=O) groups is 1. The summed E-state index contributed by atoms with van der Waals surface area (Å²) >= 11 is 1.34. The molecule has 0 amide bonds. The Labute approximate surface area is 175 Å². The zero-order chi connectivity index (χ0) is 21.4. The smallest absolute Gasteiger partial charge is 0.308 e. The van der Waals surface area contributed by atoms with Crippen molar-refractivity contribution in [1.29, 1.82) is 0 Å². The molecule has 3 aromatic rings. The number of likely N-dealkylation sites (tertiary alicyclic amines) is 1. The predicted molar refractivity (Wildman–Crippen MR) is 109 cm³/mol. The summed E-state index contributed by atoms with van der Waals surface area (Å²) in [6, 6.07) is 5.99. The Morgan fingerprint density at radius 2 is 2.00 bits per heavy atom. The first-order valence-electron chi connectivity index (χ1n) is 9.50. The van der Waals surface area contributed by atoms with Gasteiger partial charge < -0.3 is 9.84 Å². The number of methoxy groups -OCH3 is 1. The van der Waals surface area contributed by atoms with Gasteiger partial charge in [-0.05, 0) is 38.4 Å². The number of esters is 1. The summed E-state index contributed by atoms with van der Waals surface area (Å²) in [5.41, 5.74) is 0.818. The third kappa shape index (κ3) is 3.61. The van der Waals surface area contributed by atoms with E-state index in [0.717, 1.165) is 5.56 Å². The molecular weight excluding hydrogens is 410 g/mol. The number of aromatic nitrogens is 3. The molecule has 1 N–H and O–H groups in total. The number of piperidine rings is 1. The van der Waals surface area contributed by atoms with Gasteiger partial charge in [0, 0.05) is 12.1 Å². The molecular formula is C19H21N5O5S. The normalized spacial score (nSPS) is 16.6. The van der Waals surface area contributed by atoms with Crippen LogP contribution in [0.4, 0.5) is 5.69 Å². The molecule has 1 aliphatic heterocycles. The van der Waals surface area contributed by atoms with Crippen LogP contribution in [0.15, 0.2) is 24.3 Å². The second-order valence-electron chi connectivity index (χ2n) is 7.23. The minimum absolute atomic E-state index is 0.00407. The van der Waals surface area contributed by atoms with Crippen LogP contribution in [-0.2, 0) is 9.53 Å². The van der Waals surface area contributed by atoms with Crippen LogP contribution in [0.3, 0.4) is 0 Å². The van der Waals surface area contributed by atoms with Crippen LogP contribution >= 0.6 is 11.3 Å². The lowest BCUT2D eigenvalue weighted by atomic mass is 9.93. The molecule has 1 atom stereocenters. The summed E-state index contributed by atoms with van der Waals surface area (Å²) in [5, 5.41) is 26.1. The fraction of sp³-hybridized carbons (Fsp3) is 0.421. The van der Waals surface area contributed by atoms with Gasteiger partial charge in [-0.25, -0.2) is 4.98 Å². The molecule has 10 nitrogen and oxygen atoms in total. The van der Waals surface area contributed by atoms with Gasteiger partial charge in [-0.2, -0.15) is 4.52 Å². The maximum Gasteiger partial charge on any atom is 0.308 e. The van der Waals surface area contributed by atoms with Gasteiger partial charge in [-0.3, -0.25) is 19.8 Å². The monoisotopic (exact) mass is 431 g/mol. The van der Waals surface area contributed by atoms with Crippen LogP contribution in [0.5, 0.6) is 5.88 Å². The Kier molecular flexibility index (Phi) is 5.39. The fourth-order valence-corrected chi connectivity index (χ4v) is 5.06. The third-order valence-corrected chi connectivity index (χ3v) is 6.48. The van der Waals surface area contributed by atoms with Crippen molar-refractivity contribution in [3.63, 3.8) is 0 Å². The van der Waals surface area contributed by atoms with Crippen LogP contribution < -0.4 is 0 Å². The number of non-ortho nitro benzene ring substituents is 1. The number of carbonyl (C=O) groups excluding carboxylic acids is 1. The molecule has 0 aliphatic carbocycles. The quantitative estimate of drug-likeness (QED) is 0.372. The zero-order valence-electron chi connectivity index (χ0n) is 16.5. The van der Waals surface area contributed by atoms with Gasteiger partial charge in [-0.1, -0.05) is 23.5 Å². The lowest BCUT2D eigenvalue weighted by Crippen LogP contribution is -2.39. The van der Waals surface area contributed by atoms with E-state index in [1.807, 2.05) is 0 Å². The van der Waals surface area contributed by atoms with Crippen LogP contribution in [0.25, 0.3) is 4.96 Å². The van der Waals surface area contributed by atoms with E-state index < -0.39 is 4.92 Å². The Morgan fingerprint density at radius 1 is 1.33 bits per heavy atom. The zero-order valence-corrected chi connectivity index (χ0v) is 17.3. The Balaban J connectivity index is 1.71. The van der Waals surface area contributed by atoms with Crippen molar-refractivity contribution in [2.45, 2.75) is 25.8 Å². The van der Waals surface area contributed by atoms with Gasteiger partial charge in [0.1, 0.15) is 5.82 Å². The van der Waals surface area contributed by atoms with E-state index >= 15 is 0 Å². The molecule has 11 heteroatoms. The van der Waals surface area contributed by atoms with E-state index in [-0.39, 0.29) is 29.5 Å². The van der Waals surface area contributed by atoms with Crippen molar-refractivity contribution in [3.05, 3.63) is 50.6 Å². The van der Waals surface area contributed by atoms with Crippen molar-refractivity contribution >= 4 is 28.0 Å². The first-order chi connectivity index (χ1) is 14.4. The SMILES string of the molecule is COC(=O)C1CCN([C@H](c2ccc([N+](=O)[O-])cc2)c2sc3nc(C)nn3c2O)CC1. The molecule has 158 valence electrons. The highest BCUT2D eigenvalue weighted by Crippen LogP contribution is 2.41. The summed E-state index contributed by atoms with van der Waals surface area (Å²) < 4.78 is 6.28. The van der Waals surface area contributed by atoms with E-state index in [1.54, 1.807) is 19.1 Å². The van der Waals surface area contributed by atoms with Crippen molar-refractivity contribution in [3.8, 4) is 5.88 Å². The summed E-state index contributed by atoms with van der Waals surface area (Å²) in [7, 11) is 1.39. The van der Waals surface area contributed by atoms with E-state index in [1.165, 1.54) is 35.1 Å². The summed E-state index contributed by atoms with van der Waals surface area (Å²) in [6.45, 7) is 2.99. The number of nitro groups is 1. The number of thiazole rings is 1. The minimum Gasteiger partial charge on any atom is -0.492 e. The van der Waals surface area contributed by atoms with E-state index in [0.29, 0.717) is 41.6 Å². The maximum atomic E-state index is 11.9. The largest absolute Gasteiger partial charge is 0.492 e. The van der Waals surface area contributed by atoms with Crippen molar-refractivity contribution in [1.82, 2.24) is 19.5 Å². The van der Waals surface area contributed by atoms with Crippen molar-refractivity contribution in [2.75, 3.05) is 20.2 Å². The molecule has 1 aliphatic rings. The molecule has 30 heavy (non-hydrogen) atoms. The lowest BCUT2D eigenvalue weighted by Gasteiger charge is -2.36. The number of nitro benzene ring substituents is 1. The summed E-state index contributed by atoms with van der Waals surface area (Å²) in [5.74, 6) is 0.212. The predicted octanol–water partition coefficient (Wildman–Crippen LogP) is 2.69. The van der Waals surface area contributed by atoms with E-state index in [9.17, 15) is 20.0 Å². The maximum absolute atomic E-state index is 11.9. The van der Waals surface area contributed by atoms with E-state index in [4.69, 9.17) is 4.74 Å². The van der Waals surface area contributed by atoms with Gasteiger partial charge >= 0.3 is 5.97 Å². The average molecular weight is 431 g/mol. The van der Waals surface area contributed by atoms with Gasteiger partial charge in [0.05, 0.1) is 28.9 Å². The van der Waals surface area contributed by atoms with Crippen molar-refractivity contribution in [2.24, 2.45) is 5.92 Å². The van der Waals surface area contributed by atoms with Crippen molar-refractivity contribution < 1.29 is 19.6 Å². The number of hydrogen-bond acceptors (Lipinski definition) is 9. The standard InChI is InChI=1S/C19H21N5O5S/c1-11-20-19-23(21-11)17(25)16(30-19)15(12-3-5-14(6-4-12)24(27)28)22-9-7-13(8-10-22)18(26)29-2/h3-6,13,15,25H,7-10H2,1-2H3/t15-/m1/s1. The number of hydrogen-bond donors (Lipinski definition) is 1. The summed E-state index contributed by atoms with van der Waals surface area (Å²) in [4.78, 5) is 30.2. The van der Waals surface area contributed by atoms with Crippen LogP contribution in [-0.4, -0.2) is 55.7 Å². The number of benzene rings is 1. The molecule has 4 rings (SSSR count). The van der Waals surface area contributed by atoms with Gasteiger partial charge in [0.15, 0.2) is 0 Å². The first kappa shape index (κ1) is 20.2. The number of ether oxygens (including phenoxy) is 1. The van der Waals surface area contributed by atoms with Crippen LogP contribution in [0.2, 0.25) is 0 Å². The second-order valence-corrected chi connectivity index (χ2v) is 8.24. The van der Waals surface area contributed by atoms with Gasteiger partial charge in [0.25, 0.3) is 5.69 Å². The number of fused-ring (bicyclic) bond motifs is 1. The number of rotatable bonds is 5. The first-order valence-corrected chi connectivity index (χ1v) is 10.3. The highest BCUT2D eigenvalue weighted by molar-refractivity contribution is 7.17. The summed E-state index contributed by atoms with van der Waals surface area (Å²) in [6.07, 6.45) is 1.27. The molecule has 1 fully saturated rings. The molecule has 0 saturated carbocycles. The second kappa shape index (κ2) is 8.00. The molecule has 0 radical (unpaired) electrons. The molecule has 2 aromatic heterocycles. The Hall–Kier alpha value is -3.05. The fourth-order valence-electron chi connectivity index (χ4n) is 3.89. The molecule has 0 spiro atoms. The van der Waals surface area contributed by atoms with Crippen LogP contribution in [0.1, 0.15) is 35.1 Å². The Morgan fingerprint density at radius 3 is 2.57 bits per heavy atom.